The minimum atomic E-state index is -0.533. The highest BCUT2D eigenvalue weighted by molar-refractivity contribution is 5.82. The van der Waals surface area contributed by atoms with Gasteiger partial charge in [-0.2, -0.15) is 0 Å². The van der Waals surface area contributed by atoms with Gasteiger partial charge in [0, 0.05) is 39.8 Å². The van der Waals surface area contributed by atoms with Crippen molar-refractivity contribution in [2.24, 2.45) is 0 Å². The van der Waals surface area contributed by atoms with Crippen molar-refractivity contribution < 1.29 is 14.6 Å². The molecule has 0 radical (unpaired) electrons. The van der Waals surface area contributed by atoms with Crippen LogP contribution in [0.15, 0.2) is 30.3 Å². The summed E-state index contributed by atoms with van der Waals surface area (Å²) in [5.74, 6) is 0.0143. The van der Waals surface area contributed by atoms with Gasteiger partial charge in [-0.3, -0.25) is 9.69 Å². The first kappa shape index (κ1) is 15.9. The molecule has 5 heteroatoms. The third kappa shape index (κ3) is 4.27. The van der Waals surface area contributed by atoms with Gasteiger partial charge < -0.3 is 14.7 Å². The minimum Gasteiger partial charge on any atom is -0.392 e. The van der Waals surface area contributed by atoms with Gasteiger partial charge in [-0.1, -0.05) is 30.3 Å². The Hall–Kier alpha value is -1.43. The van der Waals surface area contributed by atoms with Gasteiger partial charge in [-0.05, 0) is 12.5 Å². The molecule has 116 valence electrons. The third-order valence-corrected chi connectivity index (χ3v) is 3.77. The second-order valence-corrected chi connectivity index (χ2v) is 5.50. The standard InChI is InChI=1S/C16H24N2O3/c1-13(19)12-17-8-10-18(11-9-17)16(20)15(21-2)14-6-4-3-5-7-14/h3-7,13,15,19H,8-12H2,1-2H3/t13-,15-/m0/s1. The number of carbonyl (C=O) groups is 1. The van der Waals surface area contributed by atoms with E-state index in [-0.39, 0.29) is 12.0 Å². The molecule has 1 fully saturated rings. The number of hydrogen-bond donors (Lipinski definition) is 1. The topological polar surface area (TPSA) is 53.0 Å². The second kappa shape index (κ2) is 7.54. The number of aliphatic hydroxyl groups excluding tert-OH is 1. The van der Waals surface area contributed by atoms with Crippen molar-refractivity contribution in [3.8, 4) is 0 Å². The van der Waals surface area contributed by atoms with Crippen LogP contribution in [0.4, 0.5) is 0 Å². The van der Waals surface area contributed by atoms with E-state index in [1.807, 2.05) is 35.2 Å². The van der Waals surface area contributed by atoms with Crippen molar-refractivity contribution in [1.29, 1.82) is 0 Å². The Labute approximate surface area is 126 Å². The first-order valence-electron chi connectivity index (χ1n) is 7.38. The van der Waals surface area contributed by atoms with Gasteiger partial charge in [0.15, 0.2) is 6.10 Å². The number of nitrogens with zero attached hydrogens (tertiary/aromatic N) is 2. The molecule has 1 saturated heterocycles. The Balaban J connectivity index is 1.94. The molecule has 5 nitrogen and oxygen atoms in total. The van der Waals surface area contributed by atoms with E-state index in [1.165, 1.54) is 0 Å². The zero-order valence-corrected chi connectivity index (χ0v) is 12.7. The van der Waals surface area contributed by atoms with Crippen LogP contribution in [0.2, 0.25) is 0 Å². The van der Waals surface area contributed by atoms with Crippen LogP contribution < -0.4 is 0 Å². The summed E-state index contributed by atoms with van der Waals surface area (Å²) >= 11 is 0. The summed E-state index contributed by atoms with van der Waals surface area (Å²) in [6.45, 7) is 5.39. The normalized spacial score (nSPS) is 19.3. The lowest BCUT2D eigenvalue weighted by Crippen LogP contribution is -2.51. The number of amides is 1. The number of aliphatic hydroxyl groups is 1. The molecule has 0 saturated carbocycles. The predicted molar refractivity (Wildman–Crippen MR) is 80.9 cm³/mol. The molecule has 0 bridgehead atoms. The van der Waals surface area contributed by atoms with Crippen LogP contribution in [0.1, 0.15) is 18.6 Å². The fourth-order valence-corrected chi connectivity index (χ4v) is 2.70. The Morgan fingerprint density at radius 1 is 1.24 bits per heavy atom. The van der Waals surface area contributed by atoms with Gasteiger partial charge in [-0.15, -0.1) is 0 Å². The van der Waals surface area contributed by atoms with Crippen molar-refractivity contribution in [2.75, 3.05) is 39.8 Å². The minimum absolute atomic E-state index is 0.0143. The molecular weight excluding hydrogens is 268 g/mol. The number of β-amino-alcohol motifs (C(OH)–C–C–N with tert-alkyl or cyclic N) is 1. The van der Waals surface area contributed by atoms with E-state index in [1.54, 1.807) is 14.0 Å². The smallest absolute Gasteiger partial charge is 0.256 e. The monoisotopic (exact) mass is 292 g/mol. The average molecular weight is 292 g/mol. The van der Waals surface area contributed by atoms with Crippen LogP contribution in [0, 0.1) is 0 Å². The van der Waals surface area contributed by atoms with E-state index in [4.69, 9.17) is 4.74 Å². The summed E-state index contributed by atoms with van der Waals surface area (Å²) in [4.78, 5) is 16.6. The van der Waals surface area contributed by atoms with Gasteiger partial charge in [0.2, 0.25) is 0 Å². The van der Waals surface area contributed by atoms with Crippen molar-refractivity contribution in [2.45, 2.75) is 19.1 Å². The largest absolute Gasteiger partial charge is 0.392 e. The van der Waals surface area contributed by atoms with Crippen LogP contribution >= 0.6 is 0 Å². The molecular formula is C16H24N2O3. The maximum atomic E-state index is 12.6. The highest BCUT2D eigenvalue weighted by Gasteiger charge is 2.28. The van der Waals surface area contributed by atoms with E-state index in [2.05, 4.69) is 4.90 Å². The fourth-order valence-electron chi connectivity index (χ4n) is 2.70. The third-order valence-electron chi connectivity index (χ3n) is 3.77. The first-order valence-corrected chi connectivity index (χ1v) is 7.38. The summed E-state index contributed by atoms with van der Waals surface area (Å²) in [7, 11) is 1.57. The number of benzene rings is 1. The van der Waals surface area contributed by atoms with Crippen LogP contribution in [0.25, 0.3) is 0 Å². The molecule has 1 aromatic carbocycles. The zero-order valence-electron chi connectivity index (χ0n) is 12.7. The van der Waals surface area contributed by atoms with Gasteiger partial charge in [-0.25, -0.2) is 0 Å². The number of carbonyl (C=O) groups excluding carboxylic acids is 1. The highest BCUT2D eigenvalue weighted by atomic mass is 16.5. The van der Waals surface area contributed by atoms with E-state index < -0.39 is 6.10 Å². The molecule has 2 atom stereocenters. The molecule has 1 aliphatic rings. The lowest BCUT2D eigenvalue weighted by atomic mass is 10.1. The number of ether oxygens (including phenoxy) is 1. The molecule has 1 aromatic rings. The summed E-state index contributed by atoms with van der Waals surface area (Å²) in [5, 5.41) is 9.41. The number of piperazine rings is 1. The van der Waals surface area contributed by atoms with Gasteiger partial charge in [0.1, 0.15) is 0 Å². The molecule has 1 heterocycles. The molecule has 1 aliphatic heterocycles. The Bertz CT molecular complexity index is 442. The van der Waals surface area contributed by atoms with Gasteiger partial charge in [0.25, 0.3) is 5.91 Å². The van der Waals surface area contributed by atoms with Crippen molar-refractivity contribution >= 4 is 5.91 Å². The molecule has 21 heavy (non-hydrogen) atoms. The number of rotatable bonds is 5. The fraction of sp³-hybridized carbons (Fsp3) is 0.562. The summed E-state index contributed by atoms with van der Waals surface area (Å²) in [5.41, 5.74) is 0.886. The van der Waals surface area contributed by atoms with Crippen LogP contribution in [-0.4, -0.2) is 66.8 Å². The van der Waals surface area contributed by atoms with E-state index in [9.17, 15) is 9.90 Å². The SMILES string of the molecule is CO[C@H](C(=O)N1CCN(C[C@H](C)O)CC1)c1ccccc1. The van der Waals surface area contributed by atoms with E-state index >= 15 is 0 Å². The molecule has 1 amide bonds. The van der Waals surface area contributed by atoms with Crippen LogP contribution in [-0.2, 0) is 9.53 Å². The maximum Gasteiger partial charge on any atom is 0.256 e. The van der Waals surface area contributed by atoms with Crippen molar-refractivity contribution in [3.63, 3.8) is 0 Å². The van der Waals surface area contributed by atoms with Crippen molar-refractivity contribution in [1.82, 2.24) is 9.80 Å². The summed E-state index contributed by atoms with van der Waals surface area (Å²) in [6.07, 6.45) is -0.863. The van der Waals surface area contributed by atoms with Crippen molar-refractivity contribution in [3.05, 3.63) is 35.9 Å². The molecule has 0 aromatic heterocycles. The maximum absolute atomic E-state index is 12.6. The summed E-state index contributed by atoms with van der Waals surface area (Å²) in [6, 6.07) is 9.57. The zero-order chi connectivity index (χ0) is 15.2. The van der Waals surface area contributed by atoms with E-state index in [0.29, 0.717) is 19.6 Å². The average Bonchev–Trinajstić information content (AvgIpc) is 2.49. The Kier molecular flexibility index (Phi) is 5.73. The number of hydrogen-bond acceptors (Lipinski definition) is 4. The van der Waals surface area contributed by atoms with Crippen LogP contribution in [0.5, 0.6) is 0 Å². The number of methoxy groups -OCH3 is 1. The van der Waals surface area contributed by atoms with Gasteiger partial charge in [0.05, 0.1) is 6.10 Å². The Morgan fingerprint density at radius 3 is 2.38 bits per heavy atom. The first-order chi connectivity index (χ1) is 10.1. The quantitative estimate of drug-likeness (QED) is 0.876. The lowest BCUT2D eigenvalue weighted by molar-refractivity contribution is -0.144. The molecule has 0 unspecified atom stereocenters. The molecule has 0 aliphatic carbocycles. The highest BCUT2D eigenvalue weighted by Crippen LogP contribution is 2.20. The second-order valence-electron chi connectivity index (χ2n) is 5.50. The van der Waals surface area contributed by atoms with Crippen LogP contribution in [0.3, 0.4) is 0 Å². The molecule has 2 rings (SSSR count). The summed E-state index contributed by atoms with van der Waals surface area (Å²) < 4.78 is 5.40. The molecule has 0 spiro atoms. The molecule has 1 N–H and O–H groups in total. The van der Waals surface area contributed by atoms with E-state index in [0.717, 1.165) is 18.7 Å². The Morgan fingerprint density at radius 2 is 1.86 bits per heavy atom. The predicted octanol–water partition coefficient (Wildman–Crippen LogP) is 0.899. The lowest BCUT2D eigenvalue weighted by Gasteiger charge is -2.36. The van der Waals surface area contributed by atoms with Gasteiger partial charge >= 0.3 is 0 Å².